The predicted molar refractivity (Wildman–Crippen MR) is 86.2 cm³/mol. The molecule has 2 heterocycles. The Morgan fingerprint density at radius 2 is 2.10 bits per heavy atom. The summed E-state index contributed by atoms with van der Waals surface area (Å²) in [7, 11) is 0. The van der Waals surface area contributed by atoms with Crippen molar-refractivity contribution in [3.63, 3.8) is 0 Å². The van der Waals surface area contributed by atoms with Crippen LogP contribution in [0, 0.1) is 0 Å². The minimum Gasteiger partial charge on any atom is -0.345 e. The molecule has 2 aromatic heterocycles. The van der Waals surface area contributed by atoms with Crippen molar-refractivity contribution in [2.45, 2.75) is 33.0 Å². The summed E-state index contributed by atoms with van der Waals surface area (Å²) in [6, 6.07) is 8.75. The molecule has 3 rings (SSSR count). The molecule has 4 nitrogen and oxygen atoms in total. The number of rotatable bonds is 7. The fraction of sp³-hybridized carbons (Fsp3) is 0.353. The number of para-hydroxylation sites is 1. The van der Waals surface area contributed by atoms with E-state index in [1.54, 1.807) is 0 Å². The molecule has 110 valence electrons. The van der Waals surface area contributed by atoms with Crippen LogP contribution >= 0.6 is 0 Å². The number of nitrogens with one attached hydrogen (secondary N) is 1. The summed E-state index contributed by atoms with van der Waals surface area (Å²) in [5.74, 6) is 0. The number of benzene rings is 1. The maximum Gasteiger partial charge on any atom is 0.0946 e. The van der Waals surface area contributed by atoms with E-state index < -0.39 is 0 Å². The molecule has 1 N–H and O–H groups in total. The van der Waals surface area contributed by atoms with Crippen LogP contribution < -0.4 is 5.32 Å². The lowest BCUT2D eigenvalue weighted by Crippen LogP contribution is -2.15. The number of imidazole rings is 1. The monoisotopic (exact) mass is 282 g/mol. The molecule has 3 aromatic rings. The van der Waals surface area contributed by atoms with Gasteiger partial charge in [-0.05, 0) is 30.0 Å². The highest BCUT2D eigenvalue weighted by Crippen LogP contribution is 2.20. The van der Waals surface area contributed by atoms with E-state index in [9.17, 15) is 0 Å². The Morgan fingerprint density at radius 1 is 1.14 bits per heavy atom. The fourth-order valence-electron chi connectivity index (χ4n) is 2.71. The molecular formula is C17H22N4. The molecule has 0 aliphatic heterocycles. The number of aromatic nitrogens is 3. The van der Waals surface area contributed by atoms with Gasteiger partial charge in [0.2, 0.25) is 0 Å². The molecule has 21 heavy (non-hydrogen) atoms. The first-order valence-corrected chi connectivity index (χ1v) is 7.61. The van der Waals surface area contributed by atoms with Gasteiger partial charge in [0.15, 0.2) is 0 Å². The first-order valence-electron chi connectivity index (χ1n) is 7.61. The Kier molecular flexibility index (Phi) is 4.36. The summed E-state index contributed by atoms with van der Waals surface area (Å²) >= 11 is 0. The molecular weight excluding hydrogens is 260 g/mol. The molecule has 0 aliphatic rings. The quantitative estimate of drug-likeness (QED) is 0.676. The van der Waals surface area contributed by atoms with Gasteiger partial charge in [-0.3, -0.25) is 0 Å². The summed E-state index contributed by atoms with van der Waals surface area (Å²) in [5, 5.41) is 4.82. The van der Waals surface area contributed by atoms with Gasteiger partial charge in [0, 0.05) is 38.2 Å². The topological polar surface area (TPSA) is 34.8 Å². The van der Waals surface area contributed by atoms with Gasteiger partial charge in [-0.15, -0.1) is 0 Å². The molecule has 0 aliphatic carbocycles. The second-order valence-electron chi connectivity index (χ2n) is 5.34. The van der Waals surface area contributed by atoms with E-state index in [-0.39, 0.29) is 0 Å². The van der Waals surface area contributed by atoms with Crippen LogP contribution in [0.15, 0.2) is 49.2 Å². The molecule has 0 amide bonds. The number of nitrogens with zero attached hydrogens (tertiary/aromatic N) is 3. The van der Waals surface area contributed by atoms with Crippen LogP contribution in [0.4, 0.5) is 0 Å². The minimum absolute atomic E-state index is 0.931. The van der Waals surface area contributed by atoms with Crippen LogP contribution in [0.5, 0.6) is 0 Å². The zero-order valence-corrected chi connectivity index (χ0v) is 12.5. The summed E-state index contributed by atoms with van der Waals surface area (Å²) in [6.07, 6.45) is 9.06. The van der Waals surface area contributed by atoms with Gasteiger partial charge < -0.3 is 14.5 Å². The summed E-state index contributed by atoms with van der Waals surface area (Å²) in [6.45, 7) is 6.10. The largest absolute Gasteiger partial charge is 0.345 e. The maximum atomic E-state index is 4.10. The normalized spacial score (nSPS) is 11.3. The SMILES string of the molecule is CCCNCc1cccc2ccn(CCn3ccnc3)c12. The Bertz CT molecular complexity index is 682. The Morgan fingerprint density at radius 3 is 2.90 bits per heavy atom. The third kappa shape index (κ3) is 3.16. The van der Waals surface area contributed by atoms with Crippen molar-refractivity contribution in [1.29, 1.82) is 0 Å². The first-order chi connectivity index (χ1) is 10.4. The van der Waals surface area contributed by atoms with Crippen molar-refractivity contribution in [2.24, 2.45) is 0 Å². The van der Waals surface area contributed by atoms with Gasteiger partial charge in [0.05, 0.1) is 11.8 Å². The molecule has 1 aromatic carbocycles. The van der Waals surface area contributed by atoms with Gasteiger partial charge in [-0.1, -0.05) is 25.1 Å². The number of hydrogen-bond donors (Lipinski definition) is 1. The van der Waals surface area contributed by atoms with Crippen molar-refractivity contribution in [3.8, 4) is 0 Å². The van der Waals surface area contributed by atoms with E-state index in [0.717, 1.165) is 32.6 Å². The van der Waals surface area contributed by atoms with E-state index in [1.165, 1.54) is 16.5 Å². The maximum absolute atomic E-state index is 4.10. The lowest BCUT2D eigenvalue weighted by molar-refractivity contribution is 0.589. The van der Waals surface area contributed by atoms with E-state index >= 15 is 0 Å². The van der Waals surface area contributed by atoms with Crippen molar-refractivity contribution in [3.05, 3.63) is 54.7 Å². The van der Waals surface area contributed by atoms with Crippen LogP contribution in [0.2, 0.25) is 0 Å². The van der Waals surface area contributed by atoms with Crippen molar-refractivity contribution >= 4 is 10.9 Å². The molecule has 0 saturated heterocycles. The molecule has 0 fully saturated rings. The highest BCUT2D eigenvalue weighted by atomic mass is 15.1. The van der Waals surface area contributed by atoms with Crippen molar-refractivity contribution < 1.29 is 0 Å². The summed E-state index contributed by atoms with van der Waals surface area (Å²) in [4.78, 5) is 4.10. The second kappa shape index (κ2) is 6.59. The lowest BCUT2D eigenvalue weighted by atomic mass is 10.1. The average Bonchev–Trinajstić information content (AvgIpc) is 3.15. The Balaban J connectivity index is 1.81. The summed E-state index contributed by atoms with van der Waals surface area (Å²) < 4.78 is 4.46. The number of hydrogen-bond acceptors (Lipinski definition) is 2. The van der Waals surface area contributed by atoms with Gasteiger partial charge in [0.25, 0.3) is 0 Å². The lowest BCUT2D eigenvalue weighted by Gasteiger charge is -2.11. The standard InChI is InChI=1S/C17H22N4/c1-2-7-18-13-16-5-3-4-15-6-9-21(17(15)16)12-11-20-10-8-19-14-20/h3-6,8-10,14,18H,2,7,11-13H2,1H3. The van der Waals surface area contributed by atoms with Gasteiger partial charge in [-0.25, -0.2) is 4.98 Å². The van der Waals surface area contributed by atoms with Crippen LogP contribution in [0.3, 0.4) is 0 Å². The second-order valence-corrected chi connectivity index (χ2v) is 5.34. The van der Waals surface area contributed by atoms with Gasteiger partial charge in [0.1, 0.15) is 0 Å². The van der Waals surface area contributed by atoms with E-state index in [0.29, 0.717) is 0 Å². The molecule has 0 unspecified atom stereocenters. The van der Waals surface area contributed by atoms with E-state index in [4.69, 9.17) is 0 Å². The van der Waals surface area contributed by atoms with Crippen LogP contribution in [0.1, 0.15) is 18.9 Å². The number of aryl methyl sites for hydroxylation is 2. The smallest absolute Gasteiger partial charge is 0.0946 e. The highest BCUT2D eigenvalue weighted by Gasteiger charge is 2.06. The third-order valence-corrected chi connectivity index (χ3v) is 3.77. The predicted octanol–water partition coefficient (Wildman–Crippen LogP) is 3.04. The third-order valence-electron chi connectivity index (χ3n) is 3.77. The summed E-state index contributed by atoms with van der Waals surface area (Å²) in [5.41, 5.74) is 2.72. The average molecular weight is 282 g/mol. The van der Waals surface area contributed by atoms with Gasteiger partial charge in [-0.2, -0.15) is 0 Å². The van der Waals surface area contributed by atoms with E-state index in [2.05, 4.69) is 56.8 Å². The molecule has 0 saturated carbocycles. The minimum atomic E-state index is 0.931. The number of fused-ring (bicyclic) bond motifs is 1. The van der Waals surface area contributed by atoms with Crippen LogP contribution in [-0.2, 0) is 19.6 Å². The fourth-order valence-corrected chi connectivity index (χ4v) is 2.71. The Labute approximate surface area is 125 Å². The van der Waals surface area contributed by atoms with Crippen LogP contribution in [-0.4, -0.2) is 20.7 Å². The zero-order valence-electron chi connectivity index (χ0n) is 12.5. The molecule has 4 heteroatoms. The van der Waals surface area contributed by atoms with Crippen LogP contribution in [0.25, 0.3) is 10.9 Å². The highest BCUT2D eigenvalue weighted by molar-refractivity contribution is 5.83. The Hall–Kier alpha value is -2.07. The first kappa shape index (κ1) is 13.9. The molecule has 0 atom stereocenters. The molecule has 0 bridgehead atoms. The van der Waals surface area contributed by atoms with Crippen molar-refractivity contribution in [2.75, 3.05) is 6.54 Å². The van der Waals surface area contributed by atoms with Crippen molar-refractivity contribution in [1.82, 2.24) is 19.4 Å². The van der Waals surface area contributed by atoms with Gasteiger partial charge >= 0.3 is 0 Å². The zero-order chi connectivity index (χ0) is 14.5. The molecule has 0 radical (unpaired) electrons. The molecule has 0 spiro atoms. The van der Waals surface area contributed by atoms with E-state index in [1.807, 2.05) is 18.7 Å².